The zero-order chi connectivity index (χ0) is 13.5. The van der Waals surface area contributed by atoms with Crippen LogP contribution in [0, 0.1) is 0 Å². The fraction of sp³-hybridized carbons (Fsp3) is 0.200. The second-order valence-corrected chi connectivity index (χ2v) is 4.68. The summed E-state index contributed by atoms with van der Waals surface area (Å²) in [6.45, 7) is 0.590. The molecule has 3 nitrogen and oxygen atoms in total. The number of carbonyl (C=O) groups excluding carboxylic acids is 1. The van der Waals surface area contributed by atoms with Gasteiger partial charge in [0.25, 0.3) is 5.91 Å². The molecule has 0 unspecified atom stereocenters. The minimum atomic E-state index is -0.0361. The summed E-state index contributed by atoms with van der Waals surface area (Å²) in [6, 6.07) is 13.4. The van der Waals surface area contributed by atoms with Gasteiger partial charge >= 0.3 is 0 Å². The minimum Gasteiger partial charge on any atom is -0.352 e. The lowest BCUT2D eigenvalue weighted by Crippen LogP contribution is -2.26. The maximum absolute atomic E-state index is 12.1. The first-order valence-electron chi connectivity index (χ1n) is 6.13. The predicted octanol–water partition coefficient (Wildman–Crippen LogP) is 2.95. The molecule has 0 radical (unpaired) electrons. The van der Waals surface area contributed by atoms with Crippen LogP contribution in [0.1, 0.15) is 21.6 Å². The smallest absolute Gasteiger partial charge is 0.251 e. The number of aromatic nitrogens is 1. The number of pyridine rings is 1. The Morgan fingerprint density at radius 2 is 1.95 bits per heavy atom. The lowest BCUT2D eigenvalue weighted by Gasteiger charge is -2.08. The van der Waals surface area contributed by atoms with Crippen LogP contribution >= 0.6 is 15.9 Å². The number of hydrogen-bond donors (Lipinski definition) is 1. The van der Waals surface area contributed by atoms with E-state index in [4.69, 9.17) is 0 Å². The van der Waals surface area contributed by atoms with E-state index in [-0.39, 0.29) is 5.91 Å². The number of carbonyl (C=O) groups is 1. The first-order chi connectivity index (χ1) is 9.31. The molecule has 0 saturated carbocycles. The second kappa shape index (κ2) is 7.04. The number of amides is 1. The Morgan fingerprint density at radius 3 is 2.68 bits per heavy atom. The molecule has 1 aromatic carbocycles. The van der Waals surface area contributed by atoms with Crippen LogP contribution in [-0.2, 0) is 11.8 Å². The lowest BCUT2D eigenvalue weighted by molar-refractivity contribution is 0.0953. The van der Waals surface area contributed by atoms with Crippen molar-refractivity contribution in [2.24, 2.45) is 0 Å². The molecule has 2 aromatic rings. The molecule has 2 rings (SSSR count). The van der Waals surface area contributed by atoms with Gasteiger partial charge in [0.2, 0.25) is 0 Å². The molecule has 1 heterocycles. The van der Waals surface area contributed by atoms with Crippen molar-refractivity contribution in [2.45, 2.75) is 11.8 Å². The summed E-state index contributed by atoms with van der Waals surface area (Å²) < 4.78 is 0. The maximum Gasteiger partial charge on any atom is 0.251 e. The fourth-order valence-electron chi connectivity index (χ4n) is 1.80. The van der Waals surface area contributed by atoms with Crippen molar-refractivity contribution in [3.8, 4) is 0 Å². The van der Waals surface area contributed by atoms with Crippen LogP contribution in [0.15, 0.2) is 48.7 Å². The van der Waals surface area contributed by atoms with Gasteiger partial charge in [-0.2, -0.15) is 0 Å². The van der Waals surface area contributed by atoms with Crippen molar-refractivity contribution in [1.82, 2.24) is 10.3 Å². The summed E-state index contributed by atoms with van der Waals surface area (Å²) in [7, 11) is 0. The van der Waals surface area contributed by atoms with Crippen molar-refractivity contribution in [1.29, 1.82) is 0 Å². The summed E-state index contributed by atoms with van der Waals surface area (Å²) in [4.78, 5) is 16.3. The number of rotatable bonds is 5. The molecule has 1 N–H and O–H groups in total. The Labute approximate surface area is 121 Å². The minimum absolute atomic E-state index is 0.0361. The van der Waals surface area contributed by atoms with Crippen LogP contribution in [0.5, 0.6) is 0 Å². The third-order valence-corrected chi connectivity index (χ3v) is 3.40. The van der Waals surface area contributed by atoms with Gasteiger partial charge in [-0.05, 0) is 23.8 Å². The molecule has 0 aliphatic heterocycles. The van der Waals surface area contributed by atoms with Gasteiger partial charge in [0.1, 0.15) is 0 Å². The van der Waals surface area contributed by atoms with E-state index in [1.165, 1.54) is 0 Å². The zero-order valence-corrected chi connectivity index (χ0v) is 12.1. The SMILES string of the molecule is O=C(NCCc1ccccn1)c1ccccc1CBr. The van der Waals surface area contributed by atoms with E-state index in [1.54, 1.807) is 6.20 Å². The number of nitrogens with one attached hydrogen (secondary N) is 1. The van der Waals surface area contributed by atoms with E-state index in [0.29, 0.717) is 11.9 Å². The van der Waals surface area contributed by atoms with Gasteiger partial charge < -0.3 is 5.32 Å². The topological polar surface area (TPSA) is 42.0 Å². The van der Waals surface area contributed by atoms with Gasteiger partial charge in [-0.15, -0.1) is 0 Å². The van der Waals surface area contributed by atoms with E-state index >= 15 is 0 Å². The Hall–Kier alpha value is -1.68. The van der Waals surface area contributed by atoms with E-state index < -0.39 is 0 Å². The molecule has 0 spiro atoms. The Morgan fingerprint density at radius 1 is 1.16 bits per heavy atom. The lowest BCUT2D eigenvalue weighted by atomic mass is 10.1. The van der Waals surface area contributed by atoms with Crippen molar-refractivity contribution in [3.05, 3.63) is 65.5 Å². The van der Waals surface area contributed by atoms with Crippen LogP contribution in [0.2, 0.25) is 0 Å². The Kier molecular flexibility index (Phi) is 5.10. The van der Waals surface area contributed by atoms with Gasteiger partial charge in [-0.25, -0.2) is 0 Å². The monoisotopic (exact) mass is 318 g/mol. The van der Waals surface area contributed by atoms with Crippen LogP contribution in [0.3, 0.4) is 0 Å². The summed E-state index contributed by atoms with van der Waals surface area (Å²) in [5, 5.41) is 3.60. The first kappa shape index (κ1) is 13.7. The Bertz CT molecular complexity index is 543. The number of alkyl halides is 1. The molecule has 0 aliphatic carbocycles. The number of halogens is 1. The number of benzene rings is 1. The highest BCUT2D eigenvalue weighted by Crippen LogP contribution is 2.12. The summed E-state index contributed by atoms with van der Waals surface area (Å²) in [5.41, 5.74) is 2.70. The van der Waals surface area contributed by atoms with E-state index in [2.05, 4.69) is 26.2 Å². The van der Waals surface area contributed by atoms with Gasteiger partial charge in [0, 0.05) is 35.7 Å². The standard InChI is InChI=1S/C15H15BrN2O/c16-11-12-5-1-2-7-14(12)15(19)18-10-8-13-6-3-4-9-17-13/h1-7,9H,8,10-11H2,(H,18,19). The number of nitrogens with zero attached hydrogens (tertiary/aromatic N) is 1. The average Bonchev–Trinajstić information content (AvgIpc) is 2.48. The molecule has 0 atom stereocenters. The molecule has 1 amide bonds. The summed E-state index contributed by atoms with van der Waals surface area (Å²) >= 11 is 3.39. The Balaban J connectivity index is 1.91. The van der Waals surface area contributed by atoms with Crippen molar-refractivity contribution in [2.75, 3.05) is 6.54 Å². The zero-order valence-electron chi connectivity index (χ0n) is 10.5. The van der Waals surface area contributed by atoms with Crippen LogP contribution in [0.25, 0.3) is 0 Å². The second-order valence-electron chi connectivity index (χ2n) is 4.12. The molecule has 19 heavy (non-hydrogen) atoms. The summed E-state index contributed by atoms with van der Waals surface area (Å²) in [6.07, 6.45) is 2.50. The molecule has 0 aliphatic rings. The molecular weight excluding hydrogens is 304 g/mol. The van der Waals surface area contributed by atoms with Crippen molar-refractivity contribution in [3.63, 3.8) is 0 Å². The normalized spacial score (nSPS) is 10.2. The quantitative estimate of drug-likeness (QED) is 0.861. The van der Waals surface area contributed by atoms with E-state index in [1.807, 2.05) is 42.5 Å². The van der Waals surface area contributed by atoms with Crippen LogP contribution in [0.4, 0.5) is 0 Å². The maximum atomic E-state index is 12.1. The molecule has 0 fully saturated rings. The highest BCUT2D eigenvalue weighted by molar-refractivity contribution is 9.08. The van der Waals surface area contributed by atoms with Gasteiger partial charge in [0.15, 0.2) is 0 Å². The average molecular weight is 319 g/mol. The molecule has 0 saturated heterocycles. The number of hydrogen-bond acceptors (Lipinski definition) is 2. The van der Waals surface area contributed by atoms with Gasteiger partial charge in [0.05, 0.1) is 0 Å². The molecule has 98 valence electrons. The van der Waals surface area contributed by atoms with Gasteiger partial charge in [-0.3, -0.25) is 9.78 Å². The predicted molar refractivity (Wildman–Crippen MR) is 79.3 cm³/mol. The van der Waals surface area contributed by atoms with Crippen molar-refractivity contribution < 1.29 is 4.79 Å². The van der Waals surface area contributed by atoms with E-state index in [0.717, 1.165) is 23.2 Å². The third-order valence-electron chi connectivity index (χ3n) is 2.80. The largest absolute Gasteiger partial charge is 0.352 e. The van der Waals surface area contributed by atoms with E-state index in [9.17, 15) is 4.79 Å². The van der Waals surface area contributed by atoms with Gasteiger partial charge in [-0.1, -0.05) is 40.2 Å². The fourth-order valence-corrected chi connectivity index (χ4v) is 2.29. The molecule has 0 bridgehead atoms. The highest BCUT2D eigenvalue weighted by atomic mass is 79.9. The molecule has 1 aromatic heterocycles. The van der Waals surface area contributed by atoms with Crippen molar-refractivity contribution >= 4 is 21.8 Å². The third kappa shape index (κ3) is 3.89. The van der Waals surface area contributed by atoms with Crippen LogP contribution in [-0.4, -0.2) is 17.4 Å². The first-order valence-corrected chi connectivity index (χ1v) is 7.25. The molecular formula is C15H15BrN2O. The van der Waals surface area contributed by atoms with Crippen LogP contribution < -0.4 is 5.32 Å². The highest BCUT2D eigenvalue weighted by Gasteiger charge is 2.09. The summed E-state index contributed by atoms with van der Waals surface area (Å²) in [5.74, 6) is -0.0361. The molecule has 4 heteroatoms.